The Hall–Kier alpha value is -2.71. The fourth-order valence-electron chi connectivity index (χ4n) is 3.93. The van der Waals surface area contributed by atoms with Crippen LogP contribution in [-0.4, -0.2) is 17.6 Å². The van der Waals surface area contributed by atoms with Crippen molar-refractivity contribution in [3.8, 4) is 5.75 Å². The Bertz CT molecular complexity index is 1250. The van der Waals surface area contributed by atoms with Crippen molar-refractivity contribution in [2.45, 2.75) is 19.9 Å². The highest BCUT2D eigenvalue weighted by atomic mass is 31.2. The summed E-state index contributed by atoms with van der Waals surface area (Å²) in [6.45, 7) is 3.95. The van der Waals surface area contributed by atoms with E-state index in [1.807, 2.05) is 38.1 Å². The molecule has 4 aromatic rings. The second-order valence-corrected chi connectivity index (χ2v) is 12.4. The van der Waals surface area contributed by atoms with Crippen LogP contribution in [0.15, 0.2) is 97.1 Å². The first-order valence-electron chi connectivity index (χ1n) is 11.2. The molecule has 0 aliphatic heterocycles. The molecule has 1 unspecified atom stereocenters. The average molecular weight is 511 g/mol. The van der Waals surface area contributed by atoms with Gasteiger partial charge in [-0.1, -0.05) is 48.5 Å². The second kappa shape index (κ2) is 11.4. The van der Waals surface area contributed by atoms with Gasteiger partial charge in [-0.15, -0.1) is 0 Å². The van der Waals surface area contributed by atoms with Crippen molar-refractivity contribution in [1.82, 2.24) is 4.44 Å². The summed E-state index contributed by atoms with van der Waals surface area (Å²) in [5, 5.41) is 2.03. The van der Waals surface area contributed by atoms with E-state index < -0.39 is 27.8 Å². The molecular weight excluding hydrogens is 485 g/mol. The highest BCUT2D eigenvalue weighted by Crippen LogP contribution is 2.57. The number of benzene rings is 4. The zero-order valence-corrected chi connectivity index (χ0v) is 21.5. The number of methoxy groups -OCH3 is 1. The molecule has 0 radical (unpaired) electrons. The first kappa shape index (κ1) is 25.4. The molecule has 0 N–H and O–H groups in total. The molecule has 0 aliphatic rings. The van der Waals surface area contributed by atoms with Gasteiger partial charge in [-0.05, 0) is 62.4 Å². The Labute approximate surface area is 207 Å². The lowest BCUT2D eigenvalue weighted by Gasteiger charge is -2.42. The van der Waals surface area contributed by atoms with E-state index in [1.165, 1.54) is 18.2 Å². The number of hydrogen-bond acceptors (Lipinski definition) is 2. The molecule has 0 bridgehead atoms. The standard InChI is InChI=1S/C28H26F3NOP2/c1-20(2)32(34(25-16-8-4-12-21(25)29)26-17-9-5-13-22(26)30)35(27-18-10-6-14-23(27)31)28-19-11-7-15-24(28)33-3/h4-20H,1-3H3. The van der Waals surface area contributed by atoms with Crippen molar-refractivity contribution in [2.24, 2.45) is 0 Å². The van der Waals surface area contributed by atoms with Crippen molar-refractivity contribution in [2.75, 3.05) is 7.11 Å². The first-order chi connectivity index (χ1) is 16.9. The monoisotopic (exact) mass is 511 g/mol. The van der Waals surface area contributed by atoms with Crippen LogP contribution in [0.1, 0.15) is 13.8 Å². The molecule has 1 atom stereocenters. The predicted molar refractivity (Wildman–Crippen MR) is 142 cm³/mol. The van der Waals surface area contributed by atoms with Crippen molar-refractivity contribution in [1.29, 1.82) is 0 Å². The van der Waals surface area contributed by atoms with Gasteiger partial charge in [0.05, 0.1) is 7.11 Å². The summed E-state index contributed by atoms with van der Waals surface area (Å²) in [6, 6.07) is 26.8. The molecule has 0 aromatic heterocycles. The summed E-state index contributed by atoms with van der Waals surface area (Å²) in [5.74, 6) is -0.608. The summed E-state index contributed by atoms with van der Waals surface area (Å²) < 4.78 is 53.9. The summed E-state index contributed by atoms with van der Waals surface area (Å²) in [7, 11) is -1.73. The summed E-state index contributed by atoms with van der Waals surface area (Å²) in [5.41, 5.74) is 0. The highest BCUT2D eigenvalue weighted by Gasteiger charge is 2.38. The number of nitrogens with zero attached hydrogens (tertiary/aromatic N) is 1. The summed E-state index contributed by atoms with van der Waals surface area (Å²) in [4.78, 5) is 0. The van der Waals surface area contributed by atoms with Gasteiger partial charge in [0.1, 0.15) is 23.2 Å². The summed E-state index contributed by atoms with van der Waals surface area (Å²) >= 11 is 0. The average Bonchev–Trinajstić information content (AvgIpc) is 2.86. The molecule has 180 valence electrons. The summed E-state index contributed by atoms with van der Waals surface area (Å²) in [6.07, 6.45) is 0. The Morgan fingerprint density at radius 1 is 0.571 bits per heavy atom. The Balaban J connectivity index is 2.06. The molecule has 0 spiro atoms. The molecular formula is C28H26F3NOP2. The van der Waals surface area contributed by atoms with E-state index in [1.54, 1.807) is 61.7 Å². The Morgan fingerprint density at radius 3 is 1.29 bits per heavy atom. The first-order valence-corrected chi connectivity index (χ1v) is 13.8. The van der Waals surface area contributed by atoms with Gasteiger partial charge in [-0.25, -0.2) is 17.6 Å². The van der Waals surface area contributed by atoms with Gasteiger partial charge < -0.3 is 4.74 Å². The molecule has 0 aliphatic carbocycles. The molecule has 0 heterocycles. The fourth-order valence-corrected chi connectivity index (χ4v) is 10.2. The van der Waals surface area contributed by atoms with Gasteiger partial charge in [0.2, 0.25) is 0 Å². The molecule has 0 saturated heterocycles. The van der Waals surface area contributed by atoms with Crippen LogP contribution in [0.3, 0.4) is 0 Å². The Morgan fingerprint density at radius 2 is 0.914 bits per heavy atom. The SMILES string of the molecule is COc1ccccc1P(c1ccccc1F)N(C(C)C)P(c1ccccc1F)c1ccccc1F. The predicted octanol–water partition coefficient (Wildman–Crippen LogP) is 6.22. The van der Waals surface area contributed by atoms with Crippen LogP contribution >= 0.6 is 16.1 Å². The number of para-hydroxylation sites is 1. The third kappa shape index (κ3) is 5.28. The van der Waals surface area contributed by atoms with Gasteiger partial charge in [-0.2, -0.15) is 0 Å². The van der Waals surface area contributed by atoms with Gasteiger partial charge in [-0.3, -0.25) is 0 Å². The van der Waals surface area contributed by atoms with Crippen molar-refractivity contribution in [3.63, 3.8) is 0 Å². The second-order valence-electron chi connectivity index (χ2n) is 8.06. The van der Waals surface area contributed by atoms with E-state index in [0.29, 0.717) is 21.7 Å². The number of hydrogen-bond donors (Lipinski definition) is 0. The smallest absolute Gasteiger partial charge is 0.132 e. The fraction of sp³-hybridized carbons (Fsp3) is 0.143. The molecule has 4 rings (SSSR count). The third-order valence-electron chi connectivity index (χ3n) is 5.43. The van der Waals surface area contributed by atoms with E-state index in [2.05, 4.69) is 4.44 Å². The van der Waals surface area contributed by atoms with Crippen LogP contribution in [0.2, 0.25) is 0 Å². The van der Waals surface area contributed by atoms with Crippen LogP contribution in [0.25, 0.3) is 0 Å². The number of rotatable bonds is 8. The maximum absolute atomic E-state index is 15.4. The van der Waals surface area contributed by atoms with Crippen molar-refractivity contribution < 1.29 is 17.9 Å². The van der Waals surface area contributed by atoms with Crippen molar-refractivity contribution in [3.05, 3.63) is 115 Å². The molecule has 0 fully saturated rings. The lowest BCUT2D eigenvalue weighted by molar-refractivity contribution is 0.418. The zero-order chi connectivity index (χ0) is 24.9. The number of halogens is 3. The molecule has 0 saturated carbocycles. The maximum Gasteiger partial charge on any atom is 0.132 e. The molecule has 7 heteroatoms. The normalized spacial score (nSPS) is 12.4. The van der Waals surface area contributed by atoms with Gasteiger partial charge in [0, 0.05) is 43.4 Å². The minimum Gasteiger partial charge on any atom is -0.496 e. The quantitative estimate of drug-likeness (QED) is 0.261. The van der Waals surface area contributed by atoms with Crippen LogP contribution in [0, 0.1) is 17.5 Å². The molecule has 35 heavy (non-hydrogen) atoms. The van der Waals surface area contributed by atoms with E-state index in [0.717, 1.165) is 5.30 Å². The van der Waals surface area contributed by atoms with E-state index >= 15 is 13.2 Å². The van der Waals surface area contributed by atoms with E-state index in [-0.39, 0.29) is 11.9 Å². The lowest BCUT2D eigenvalue weighted by Crippen LogP contribution is -2.38. The van der Waals surface area contributed by atoms with Crippen LogP contribution in [-0.2, 0) is 0 Å². The van der Waals surface area contributed by atoms with Crippen LogP contribution in [0.5, 0.6) is 5.75 Å². The molecule has 0 amide bonds. The minimum atomic E-state index is -1.72. The Kier molecular flexibility index (Phi) is 8.23. The number of ether oxygens (including phenoxy) is 1. The van der Waals surface area contributed by atoms with Crippen molar-refractivity contribution >= 4 is 37.4 Å². The van der Waals surface area contributed by atoms with Gasteiger partial charge >= 0.3 is 0 Å². The van der Waals surface area contributed by atoms with E-state index in [4.69, 9.17) is 4.74 Å². The zero-order valence-electron chi connectivity index (χ0n) is 19.7. The van der Waals surface area contributed by atoms with Gasteiger partial charge in [0.25, 0.3) is 0 Å². The minimum absolute atomic E-state index is 0.184. The van der Waals surface area contributed by atoms with E-state index in [9.17, 15) is 0 Å². The van der Waals surface area contributed by atoms with Crippen LogP contribution < -0.4 is 26.0 Å². The molecule has 2 nitrogen and oxygen atoms in total. The largest absolute Gasteiger partial charge is 0.496 e. The van der Waals surface area contributed by atoms with Gasteiger partial charge in [0.15, 0.2) is 0 Å². The third-order valence-corrected chi connectivity index (χ3v) is 11.5. The lowest BCUT2D eigenvalue weighted by atomic mass is 10.3. The maximum atomic E-state index is 15.4. The molecule has 4 aromatic carbocycles. The highest BCUT2D eigenvalue weighted by molar-refractivity contribution is 7.84. The topological polar surface area (TPSA) is 12.5 Å². The van der Waals surface area contributed by atoms with Crippen LogP contribution in [0.4, 0.5) is 13.2 Å².